The van der Waals surface area contributed by atoms with Crippen molar-refractivity contribution in [2.75, 3.05) is 13.1 Å². The maximum atomic E-state index is 12.8. The van der Waals surface area contributed by atoms with E-state index in [0.29, 0.717) is 6.17 Å². The number of amides is 1. The Morgan fingerprint density at radius 1 is 1.14 bits per heavy atom. The number of fused-ring (bicyclic) bond motifs is 4. The first-order chi connectivity index (χ1) is 10.3. The van der Waals surface area contributed by atoms with Crippen molar-refractivity contribution in [1.29, 1.82) is 0 Å². The average Bonchev–Trinajstić information content (AvgIpc) is 2.55. The van der Waals surface area contributed by atoms with Gasteiger partial charge in [-0.25, -0.2) is 0 Å². The normalized spacial score (nSPS) is 34.3. The van der Waals surface area contributed by atoms with Crippen LogP contribution in [0.15, 0.2) is 24.3 Å². The van der Waals surface area contributed by atoms with Gasteiger partial charge in [0.05, 0.1) is 12.1 Å². The summed E-state index contributed by atoms with van der Waals surface area (Å²) in [5.74, 6) is 1.15. The highest BCUT2D eigenvalue weighted by Crippen LogP contribution is 2.34. The van der Waals surface area contributed by atoms with Gasteiger partial charge in [-0.2, -0.15) is 0 Å². The minimum absolute atomic E-state index is 0.0663. The first kappa shape index (κ1) is 13.3. The standard InChI is InChI=1S/C18H24N2O/c21-18(19-17-12-13-8-10-20(17)11-9-13)16-7-3-5-14-4-1-2-6-15(14)16/h1-2,4,6,13,16-17H,3,5,7-12H2,(H,19,21)/t16-,17?/m0/s1. The first-order valence-corrected chi connectivity index (χ1v) is 8.43. The zero-order valence-corrected chi connectivity index (χ0v) is 12.6. The molecule has 1 unspecified atom stereocenters. The van der Waals surface area contributed by atoms with Crippen LogP contribution in [0.2, 0.25) is 0 Å². The van der Waals surface area contributed by atoms with Crippen molar-refractivity contribution >= 4 is 5.91 Å². The summed E-state index contributed by atoms with van der Waals surface area (Å²) < 4.78 is 0. The van der Waals surface area contributed by atoms with Crippen LogP contribution in [0.25, 0.3) is 0 Å². The molecular weight excluding hydrogens is 260 g/mol. The maximum absolute atomic E-state index is 12.8. The van der Waals surface area contributed by atoms with Gasteiger partial charge in [0, 0.05) is 13.1 Å². The summed E-state index contributed by atoms with van der Waals surface area (Å²) in [4.78, 5) is 15.2. The molecule has 1 aliphatic carbocycles. The second kappa shape index (κ2) is 5.45. The molecule has 0 spiro atoms. The molecule has 0 aromatic heterocycles. The third-order valence-corrected chi connectivity index (χ3v) is 5.64. The molecule has 4 aliphatic rings. The zero-order valence-electron chi connectivity index (χ0n) is 12.6. The summed E-state index contributed by atoms with van der Waals surface area (Å²) in [6, 6.07) is 8.48. The average molecular weight is 284 g/mol. The molecule has 3 saturated heterocycles. The minimum atomic E-state index is 0.0663. The van der Waals surface area contributed by atoms with Crippen LogP contribution in [-0.4, -0.2) is 30.1 Å². The van der Waals surface area contributed by atoms with Gasteiger partial charge in [-0.15, -0.1) is 0 Å². The Hall–Kier alpha value is -1.35. The molecule has 5 rings (SSSR count). The van der Waals surface area contributed by atoms with Crippen molar-refractivity contribution in [3.8, 4) is 0 Å². The third kappa shape index (κ3) is 2.48. The number of hydrogen-bond acceptors (Lipinski definition) is 2. The lowest BCUT2D eigenvalue weighted by Crippen LogP contribution is -2.57. The fraction of sp³-hybridized carbons (Fsp3) is 0.611. The van der Waals surface area contributed by atoms with Crippen molar-refractivity contribution in [3.05, 3.63) is 35.4 Å². The van der Waals surface area contributed by atoms with Crippen LogP contribution in [0.3, 0.4) is 0 Å². The highest BCUT2D eigenvalue weighted by Gasteiger charge is 2.36. The van der Waals surface area contributed by atoms with Crippen molar-refractivity contribution in [1.82, 2.24) is 10.2 Å². The van der Waals surface area contributed by atoms with Crippen molar-refractivity contribution in [3.63, 3.8) is 0 Å². The molecule has 1 N–H and O–H groups in total. The van der Waals surface area contributed by atoms with Crippen LogP contribution in [-0.2, 0) is 11.2 Å². The lowest BCUT2D eigenvalue weighted by Gasteiger charge is -2.46. The van der Waals surface area contributed by atoms with E-state index in [2.05, 4.69) is 34.5 Å². The second-order valence-electron chi connectivity index (χ2n) is 6.88. The Bertz CT molecular complexity index is 534. The Balaban J connectivity index is 1.49. The molecule has 2 atom stereocenters. The van der Waals surface area contributed by atoms with Gasteiger partial charge < -0.3 is 5.32 Å². The van der Waals surface area contributed by atoms with Crippen LogP contribution < -0.4 is 5.32 Å². The molecule has 3 aliphatic heterocycles. The summed E-state index contributed by atoms with van der Waals surface area (Å²) in [6.45, 7) is 2.33. The van der Waals surface area contributed by atoms with Gasteiger partial charge in [0.2, 0.25) is 5.91 Å². The van der Waals surface area contributed by atoms with Crippen LogP contribution in [0.1, 0.15) is 49.1 Å². The monoisotopic (exact) mass is 284 g/mol. The van der Waals surface area contributed by atoms with Gasteiger partial charge in [0.15, 0.2) is 0 Å². The van der Waals surface area contributed by atoms with E-state index in [-0.39, 0.29) is 11.8 Å². The summed E-state index contributed by atoms with van der Waals surface area (Å²) in [5.41, 5.74) is 2.63. The fourth-order valence-electron chi connectivity index (χ4n) is 4.41. The fourth-order valence-corrected chi connectivity index (χ4v) is 4.41. The van der Waals surface area contributed by atoms with E-state index in [1.54, 1.807) is 0 Å². The van der Waals surface area contributed by atoms with Crippen molar-refractivity contribution < 1.29 is 4.79 Å². The molecule has 3 heterocycles. The zero-order chi connectivity index (χ0) is 14.2. The van der Waals surface area contributed by atoms with E-state index in [4.69, 9.17) is 0 Å². The molecule has 3 heteroatoms. The molecule has 21 heavy (non-hydrogen) atoms. The number of aryl methyl sites for hydroxylation is 1. The molecule has 1 aromatic rings. The third-order valence-electron chi connectivity index (χ3n) is 5.64. The summed E-state index contributed by atoms with van der Waals surface area (Å²) in [6.07, 6.45) is 7.33. The Morgan fingerprint density at radius 2 is 1.95 bits per heavy atom. The van der Waals surface area contributed by atoms with Crippen molar-refractivity contribution in [2.45, 2.75) is 50.6 Å². The molecule has 0 saturated carbocycles. The molecule has 3 nitrogen and oxygen atoms in total. The quantitative estimate of drug-likeness (QED) is 0.905. The molecule has 1 amide bonds. The number of carbonyl (C=O) groups excluding carboxylic acids is 1. The van der Waals surface area contributed by atoms with Crippen LogP contribution in [0.4, 0.5) is 0 Å². The van der Waals surface area contributed by atoms with Gasteiger partial charge >= 0.3 is 0 Å². The minimum Gasteiger partial charge on any atom is -0.340 e. The smallest absolute Gasteiger partial charge is 0.228 e. The van der Waals surface area contributed by atoms with E-state index in [0.717, 1.165) is 44.7 Å². The first-order valence-electron chi connectivity index (χ1n) is 8.43. The summed E-state index contributed by atoms with van der Waals surface area (Å²) in [7, 11) is 0. The number of nitrogens with one attached hydrogen (secondary N) is 1. The van der Waals surface area contributed by atoms with E-state index in [1.807, 2.05) is 0 Å². The molecule has 3 fully saturated rings. The largest absolute Gasteiger partial charge is 0.340 e. The number of carbonyl (C=O) groups is 1. The topological polar surface area (TPSA) is 32.3 Å². The summed E-state index contributed by atoms with van der Waals surface area (Å²) in [5, 5.41) is 3.35. The highest BCUT2D eigenvalue weighted by atomic mass is 16.2. The Kier molecular flexibility index (Phi) is 3.46. The van der Waals surface area contributed by atoms with Crippen molar-refractivity contribution in [2.24, 2.45) is 5.92 Å². The van der Waals surface area contributed by atoms with Crippen LogP contribution in [0.5, 0.6) is 0 Å². The Morgan fingerprint density at radius 3 is 2.71 bits per heavy atom. The highest BCUT2D eigenvalue weighted by molar-refractivity contribution is 5.84. The molecular formula is C18H24N2O. The van der Waals surface area contributed by atoms with E-state index in [9.17, 15) is 4.79 Å². The predicted molar refractivity (Wildman–Crippen MR) is 83.0 cm³/mol. The van der Waals surface area contributed by atoms with Gasteiger partial charge in [-0.1, -0.05) is 24.3 Å². The molecule has 2 bridgehead atoms. The van der Waals surface area contributed by atoms with Gasteiger partial charge in [0.25, 0.3) is 0 Å². The molecule has 112 valence electrons. The lowest BCUT2D eigenvalue weighted by atomic mass is 9.81. The van der Waals surface area contributed by atoms with E-state index >= 15 is 0 Å². The van der Waals surface area contributed by atoms with Gasteiger partial charge in [-0.05, 0) is 55.6 Å². The number of benzene rings is 1. The number of nitrogens with zero attached hydrogens (tertiary/aromatic N) is 1. The van der Waals surface area contributed by atoms with E-state index < -0.39 is 0 Å². The number of piperidine rings is 3. The van der Waals surface area contributed by atoms with E-state index in [1.165, 1.54) is 24.0 Å². The maximum Gasteiger partial charge on any atom is 0.228 e. The SMILES string of the molecule is O=C(NC1CC2CCN1CC2)[C@H]1CCCc2ccccc21. The lowest BCUT2D eigenvalue weighted by molar-refractivity contribution is -0.126. The van der Waals surface area contributed by atoms with Crippen LogP contribution >= 0.6 is 0 Å². The van der Waals surface area contributed by atoms with Gasteiger partial charge in [-0.3, -0.25) is 9.69 Å². The Labute approximate surface area is 126 Å². The predicted octanol–water partition coefficient (Wildman–Crippen LogP) is 2.66. The summed E-state index contributed by atoms with van der Waals surface area (Å²) >= 11 is 0. The molecule has 1 aromatic carbocycles. The number of hydrogen-bond donors (Lipinski definition) is 1. The molecule has 0 radical (unpaired) electrons. The van der Waals surface area contributed by atoms with Gasteiger partial charge in [0.1, 0.15) is 0 Å². The van der Waals surface area contributed by atoms with Crippen LogP contribution in [0, 0.1) is 5.92 Å². The number of rotatable bonds is 2. The second-order valence-corrected chi connectivity index (χ2v) is 6.88.